The van der Waals surface area contributed by atoms with Gasteiger partial charge in [0.1, 0.15) is 0 Å². The topological polar surface area (TPSA) is 63.2 Å². The predicted octanol–water partition coefficient (Wildman–Crippen LogP) is 7.23. The molecule has 0 aromatic heterocycles. The lowest BCUT2D eigenvalue weighted by molar-refractivity contribution is 0.0981. The maximum atomic E-state index is 13.5. The Morgan fingerprint density at radius 1 is 0.639 bits per heavy atom. The number of carbonyl (C=O) groups is 3. The van der Waals surface area contributed by atoms with Gasteiger partial charge in [-0.15, -0.1) is 0 Å². The number of Topliss-reactive ketones (excluding diaryl/α,β-unsaturated/α-hetero) is 2. The van der Waals surface area contributed by atoms with Crippen LogP contribution in [-0.4, -0.2) is 17.3 Å². The van der Waals surface area contributed by atoms with Crippen LogP contribution in [0.15, 0.2) is 109 Å². The largest absolute Gasteiger partial charge is 0.354 e. The minimum atomic E-state index is -0.229. The molecule has 0 aliphatic heterocycles. The summed E-state index contributed by atoms with van der Waals surface area (Å²) in [4.78, 5) is 40.0. The zero-order valence-electron chi connectivity index (χ0n) is 19.6. The smallest absolute Gasteiger partial charge is 0.196 e. The zero-order chi connectivity index (χ0) is 25.0. The molecule has 0 spiro atoms. The first-order chi connectivity index (χ1) is 17.5. The SMILES string of the molecule is C=CC1=C(/C=C\C)C(=O)c2c(Nc3ccc4c5c(cccc35)C(=O)c3ccccc3-4)cccc2C1=O. The number of fused-ring (bicyclic) bond motifs is 3. The van der Waals surface area contributed by atoms with Crippen LogP contribution >= 0.6 is 0 Å². The van der Waals surface area contributed by atoms with Gasteiger partial charge in [0.25, 0.3) is 0 Å². The van der Waals surface area contributed by atoms with Gasteiger partial charge in [-0.1, -0.05) is 85.5 Å². The van der Waals surface area contributed by atoms with Crippen molar-refractivity contribution in [3.8, 4) is 11.1 Å². The normalized spacial score (nSPS) is 14.3. The van der Waals surface area contributed by atoms with E-state index in [0.29, 0.717) is 39.1 Å². The summed E-state index contributed by atoms with van der Waals surface area (Å²) < 4.78 is 0. The van der Waals surface area contributed by atoms with Crippen LogP contribution in [0, 0.1) is 0 Å². The Labute approximate surface area is 208 Å². The van der Waals surface area contributed by atoms with Crippen molar-refractivity contribution in [1.29, 1.82) is 0 Å². The van der Waals surface area contributed by atoms with Crippen LogP contribution in [0.2, 0.25) is 0 Å². The van der Waals surface area contributed by atoms with E-state index in [0.717, 1.165) is 27.6 Å². The van der Waals surface area contributed by atoms with E-state index in [1.807, 2.05) is 54.6 Å². The molecule has 172 valence electrons. The third-order valence-electron chi connectivity index (χ3n) is 6.87. The quantitative estimate of drug-likeness (QED) is 0.303. The van der Waals surface area contributed by atoms with E-state index >= 15 is 0 Å². The maximum absolute atomic E-state index is 13.5. The minimum absolute atomic E-state index is 0.00296. The number of ketones is 3. The van der Waals surface area contributed by atoms with Crippen molar-refractivity contribution in [2.75, 3.05) is 5.32 Å². The summed E-state index contributed by atoms with van der Waals surface area (Å²) >= 11 is 0. The predicted molar refractivity (Wildman–Crippen MR) is 143 cm³/mol. The molecule has 2 aliphatic carbocycles. The molecule has 0 bridgehead atoms. The van der Waals surface area contributed by atoms with Gasteiger partial charge in [0, 0.05) is 44.3 Å². The van der Waals surface area contributed by atoms with E-state index in [2.05, 4.69) is 11.9 Å². The van der Waals surface area contributed by atoms with Crippen LogP contribution in [0.25, 0.3) is 21.9 Å². The Balaban J connectivity index is 1.53. The molecule has 36 heavy (non-hydrogen) atoms. The van der Waals surface area contributed by atoms with Crippen LogP contribution in [0.4, 0.5) is 11.4 Å². The van der Waals surface area contributed by atoms with E-state index in [1.165, 1.54) is 6.08 Å². The minimum Gasteiger partial charge on any atom is -0.354 e. The fourth-order valence-corrected chi connectivity index (χ4v) is 5.29. The van der Waals surface area contributed by atoms with Crippen LogP contribution < -0.4 is 5.32 Å². The van der Waals surface area contributed by atoms with Crippen LogP contribution in [-0.2, 0) is 0 Å². The Bertz CT molecular complexity index is 1740. The highest BCUT2D eigenvalue weighted by Gasteiger charge is 2.32. The molecule has 4 heteroatoms. The standard InChI is InChI=1S/C32H21NO3/c1-3-9-21-18(4-2)30(34)25-14-8-15-27(29(25)32(21)36)33-26-17-16-20-19-10-5-6-11-22(19)31(35)24-13-7-12-23(26)28(20)24/h3-17,33H,2H2,1H3/b9-3-. The fraction of sp³-hybridized carbons (Fsp3) is 0.0312. The Morgan fingerprint density at radius 2 is 1.36 bits per heavy atom. The molecule has 0 radical (unpaired) electrons. The summed E-state index contributed by atoms with van der Waals surface area (Å²) in [6, 6.07) is 22.5. The van der Waals surface area contributed by atoms with Gasteiger partial charge >= 0.3 is 0 Å². The number of carbonyl (C=O) groups excluding carboxylic acids is 3. The van der Waals surface area contributed by atoms with Gasteiger partial charge in [-0.2, -0.15) is 0 Å². The molecule has 1 N–H and O–H groups in total. The summed E-state index contributed by atoms with van der Waals surface area (Å²) in [6.45, 7) is 5.55. The van der Waals surface area contributed by atoms with E-state index in [-0.39, 0.29) is 17.3 Å². The monoisotopic (exact) mass is 467 g/mol. The Hall–Kier alpha value is -4.83. The summed E-state index contributed by atoms with van der Waals surface area (Å²) in [5.41, 5.74) is 5.87. The van der Waals surface area contributed by atoms with Crippen molar-refractivity contribution in [1.82, 2.24) is 0 Å². The van der Waals surface area contributed by atoms with Crippen molar-refractivity contribution >= 4 is 39.5 Å². The maximum Gasteiger partial charge on any atom is 0.196 e. The highest BCUT2D eigenvalue weighted by molar-refractivity contribution is 6.31. The van der Waals surface area contributed by atoms with Gasteiger partial charge in [0.2, 0.25) is 0 Å². The molecular formula is C32H21NO3. The van der Waals surface area contributed by atoms with Crippen molar-refractivity contribution in [2.45, 2.75) is 6.92 Å². The Kier molecular flexibility index (Phi) is 4.90. The summed E-state index contributed by atoms with van der Waals surface area (Å²) in [5, 5.41) is 5.15. The number of rotatable bonds is 4. The molecule has 4 nitrogen and oxygen atoms in total. The van der Waals surface area contributed by atoms with E-state index in [9.17, 15) is 14.4 Å². The number of benzene rings is 4. The molecule has 0 saturated carbocycles. The van der Waals surface area contributed by atoms with E-state index in [1.54, 1.807) is 37.3 Å². The number of hydrogen-bond donors (Lipinski definition) is 1. The summed E-state index contributed by atoms with van der Waals surface area (Å²) in [5.74, 6) is -0.459. The average Bonchev–Trinajstić information content (AvgIpc) is 2.91. The Morgan fingerprint density at radius 3 is 2.14 bits per heavy atom. The molecule has 0 atom stereocenters. The van der Waals surface area contributed by atoms with Crippen molar-refractivity contribution in [2.24, 2.45) is 0 Å². The van der Waals surface area contributed by atoms with E-state index < -0.39 is 0 Å². The van der Waals surface area contributed by atoms with Crippen LogP contribution in [0.1, 0.15) is 43.6 Å². The van der Waals surface area contributed by atoms with E-state index in [4.69, 9.17) is 0 Å². The molecule has 0 fully saturated rings. The number of anilines is 2. The van der Waals surface area contributed by atoms with Gasteiger partial charge in [-0.25, -0.2) is 0 Å². The zero-order valence-corrected chi connectivity index (χ0v) is 19.6. The number of hydrogen-bond acceptors (Lipinski definition) is 4. The molecular weight excluding hydrogens is 446 g/mol. The van der Waals surface area contributed by atoms with Crippen molar-refractivity contribution in [3.05, 3.63) is 131 Å². The van der Waals surface area contributed by atoms with Crippen molar-refractivity contribution < 1.29 is 14.4 Å². The summed E-state index contributed by atoms with van der Waals surface area (Å²) in [7, 11) is 0. The lowest BCUT2D eigenvalue weighted by Crippen LogP contribution is -2.22. The lowest BCUT2D eigenvalue weighted by Gasteiger charge is -2.23. The first-order valence-corrected chi connectivity index (χ1v) is 11.7. The molecule has 6 rings (SSSR count). The highest BCUT2D eigenvalue weighted by Crippen LogP contribution is 2.43. The second-order valence-electron chi connectivity index (χ2n) is 8.81. The van der Waals surface area contributed by atoms with Gasteiger partial charge < -0.3 is 5.32 Å². The second-order valence-corrected chi connectivity index (χ2v) is 8.81. The van der Waals surface area contributed by atoms with Crippen LogP contribution in [0.5, 0.6) is 0 Å². The molecule has 0 unspecified atom stereocenters. The first-order valence-electron chi connectivity index (χ1n) is 11.7. The number of allylic oxidation sites excluding steroid dienone is 5. The van der Waals surface area contributed by atoms with Gasteiger partial charge in [0.05, 0.1) is 11.3 Å². The molecule has 4 aromatic carbocycles. The van der Waals surface area contributed by atoms with Gasteiger partial charge in [-0.05, 0) is 30.2 Å². The molecule has 4 aromatic rings. The molecule has 0 amide bonds. The third-order valence-corrected chi connectivity index (χ3v) is 6.87. The fourth-order valence-electron chi connectivity index (χ4n) is 5.29. The number of nitrogens with one attached hydrogen (secondary N) is 1. The molecule has 2 aliphatic rings. The summed E-state index contributed by atoms with van der Waals surface area (Å²) in [6.07, 6.45) is 4.84. The second kappa shape index (κ2) is 8.14. The van der Waals surface area contributed by atoms with Crippen LogP contribution in [0.3, 0.4) is 0 Å². The van der Waals surface area contributed by atoms with Gasteiger partial charge in [-0.3, -0.25) is 14.4 Å². The average molecular weight is 468 g/mol. The van der Waals surface area contributed by atoms with Crippen molar-refractivity contribution in [3.63, 3.8) is 0 Å². The first kappa shape index (κ1) is 21.7. The lowest BCUT2D eigenvalue weighted by atomic mass is 9.82. The third kappa shape index (κ3) is 2.98. The molecule has 0 heterocycles. The highest BCUT2D eigenvalue weighted by atomic mass is 16.1. The molecule has 0 saturated heterocycles. The van der Waals surface area contributed by atoms with Gasteiger partial charge in [0.15, 0.2) is 17.3 Å².